The van der Waals surface area contributed by atoms with Gasteiger partial charge in [0.1, 0.15) is 4.32 Å². The standard InChI is InChI=1S/C11H21NS2/c1-3-5-7-11(8-6-4-2)9-14-10(13)12-11/h3-9H2,1-2H3,(H,12,13). The first-order valence-corrected chi connectivity index (χ1v) is 7.07. The zero-order chi connectivity index (χ0) is 10.4. The van der Waals surface area contributed by atoms with E-state index in [1.54, 1.807) is 0 Å². The Morgan fingerprint density at radius 1 is 1.29 bits per heavy atom. The van der Waals surface area contributed by atoms with E-state index >= 15 is 0 Å². The Bertz CT molecular complexity index is 184. The summed E-state index contributed by atoms with van der Waals surface area (Å²) in [5.41, 5.74) is 0.341. The molecule has 0 radical (unpaired) electrons. The van der Waals surface area contributed by atoms with Crippen LogP contribution in [0.25, 0.3) is 0 Å². The first kappa shape index (κ1) is 12.3. The third kappa shape index (κ3) is 3.43. The van der Waals surface area contributed by atoms with Crippen molar-refractivity contribution in [3.63, 3.8) is 0 Å². The van der Waals surface area contributed by atoms with Crippen LogP contribution in [0, 0.1) is 0 Å². The Hall–Kier alpha value is 0.240. The second kappa shape index (κ2) is 5.96. The van der Waals surface area contributed by atoms with E-state index in [4.69, 9.17) is 12.2 Å². The predicted molar refractivity (Wildman–Crippen MR) is 70.0 cm³/mol. The molecule has 0 aliphatic carbocycles. The van der Waals surface area contributed by atoms with Crippen molar-refractivity contribution in [1.82, 2.24) is 5.32 Å². The minimum atomic E-state index is 0.341. The van der Waals surface area contributed by atoms with Crippen LogP contribution in [-0.2, 0) is 0 Å². The zero-order valence-electron chi connectivity index (χ0n) is 9.27. The van der Waals surface area contributed by atoms with Crippen molar-refractivity contribution in [1.29, 1.82) is 0 Å². The molecule has 0 saturated carbocycles. The van der Waals surface area contributed by atoms with Crippen LogP contribution >= 0.6 is 24.0 Å². The Kier molecular flexibility index (Phi) is 5.24. The molecule has 1 fully saturated rings. The molecule has 1 saturated heterocycles. The highest BCUT2D eigenvalue weighted by Gasteiger charge is 2.34. The van der Waals surface area contributed by atoms with Crippen LogP contribution in [0.3, 0.4) is 0 Å². The molecule has 0 spiro atoms. The molecule has 1 nitrogen and oxygen atoms in total. The fraction of sp³-hybridized carbons (Fsp3) is 0.909. The molecule has 82 valence electrons. The molecule has 0 unspecified atom stereocenters. The van der Waals surface area contributed by atoms with Crippen LogP contribution in [0.1, 0.15) is 52.4 Å². The molecule has 14 heavy (non-hydrogen) atoms. The van der Waals surface area contributed by atoms with E-state index in [-0.39, 0.29) is 0 Å². The molecular formula is C11H21NS2. The second-order valence-electron chi connectivity index (χ2n) is 4.19. The van der Waals surface area contributed by atoms with Gasteiger partial charge in [-0.3, -0.25) is 0 Å². The molecule has 1 rings (SSSR count). The Labute approximate surface area is 97.4 Å². The second-order valence-corrected chi connectivity index (χ2v) is 5.84. The van der Waals surface area contributed by atoms with Crippen molar-refractivity contribution < 1.29 is 0 Å². The summed E-state index contributed by atoms with van der Waals surface area (Å²) in [4.78, 5) is 0. The highest BCUT2D eigenvalue weighted by molar-refractivity contribution is 8.23. The van der Waals surface area contributed by atoms with Crippen LogP contribution < -0.4 is 5.32 Å². The third-order valence-electron chi connectivity index (χ3n) is 2.86. The van der Waals surface area contributed by atoms with Gasteiger partial charge in [-0.2, -0.15) is 0 Å². The summed E-state index contributed by atoms with van der Waals surface area (Å²) >= 11 is 7.05. The Morgan fingerprint density at radius 2 is 1.86 bits per heavy atom. The molecule has 0 amide bonds. The van der Waals surface area contributed by atoms with Crippen molar-refractivity contribution in [3.8, 4) is 0 Å². The summed E-state index contributed by atoms with van der Waals surface area (Å²) in [6, 6.07) is 0. The van der Waals surface area contributed by atoms with Gasteiger partial charge in [-0.05, 0) is 12.8 Å². The smallest absolute Gasteiger partial charge is 0.134 e. The monoisotopic (exact) mass is 231 g/mol. The van der Waals surface area contributed by atoms with Crippen molar-refractivity contribution in [3.05, 3.63) is 0 Å². The van der Waals surface area contributed by atoms with Crippen molar-refractivity contribution in [2.24, 2.45) is 0 Å². The summed E-state index contributed by atoms with van der Waals surface area (Å²) in [6.07, 6.45) is 7.78. The van der Waals surface area contributed by atoms with Gasteiger partial charge >= 0.3 is 0 Å². The van der Waals surface area contributed by atoms with Crippen LogP contribution in [-0.4, -0.2) is 15.6 Å². The molecule has 0 aromatic heterocycles. The molecule has 0 bridgehead atoms. The normalized spacial score (nSPS) is 19.7. The molecule has 1 heterocycles. The zero-order valence-corrected chi connectivity index (χ0v) is 10.9. The van der Waals surface area contributed by atoms with Crippen LogP contribution in [0.4, 0.5) is 0 Å². The van der Waals surface area contributed by atoms with Gasteiger partial charge in [-0.1, -0.05) is 63.5 Å². The van der Waals surface area contributed by atoms with Gasteiger partial charge in [-0.15, -0.1) is 0 Å². The lowest BCUT2D eigenvalue weighted by Crippen LogP contribution is -2.43. The van der Waals surface area contributed by atoms with Crippen molar-refractivity contribution in [2.45, 2.75) is 57.9 Å². The van der Waals surface area contributed by atoms with Gasteiger partial charge in [0.2, 0.25) is 0 Å². The highest BCUT2D eigenvalue weighted by atomic mass is 32.2. The summed E-state index contributed by atoms with van der Waals surface area (Å²) in [5, 5.41) is 3.53. The van der Waals surface area contributed by atoms with Gasteiger partial charge in [0.05, 0.1) is 0 Å². The van der Waals surface area contributed by atoms with E-state index in [0.717, 1.165) is 4.32 Å². The van der Waals surface area contributed by atoms with Gasteiger partial charge in [-0.25, -0.2) is 0 Å². The maximum Gasteiger partial charge on any atom is 0.134 e. The average Bonchev–Trinajstić information content (AvgIpc) is 2.55. The molecular weight excluding hydrogens is 210 g/mol. The van der Waals surface area contributed by atoms with E-state index in [1.807, 2.05) is 11.8 Å². The topological polar surface area (TPSA) is 12.0 Å². The van der Waals surface area contributed by atoms with E-state index in [1.165, 1.54) is 44.3 Å². The first-order chi connectivity index (χ1) is 6.72. The third-order valence-corrected chi connectivity index (χ3v) is 4.38. The highest BCUT2D eigenvalue weighted by Crippen LogP contribution is 2.32. The summed E-state index contributed by atoms with van der Waals surface area (Å²) in [6.45, 7) is 4.52. The Morgan fingerprint density at radius 3 is 2.21 bits per heavy atom. The minimum Gasteiger partial charge on any atom is -0.365 e. The fourth-order valence-electron chi connectivity index (χ4n) is 1.92. The predicted octanol–water partition coefficient (Wildman–Crippen LogP) is 3.73. The van der Waals surface area contributed by atoms with Gasteiger partial charge in [0.15, 0.2) is 0 Å². The van der Waals surface area contributed by atoms with Gasteiger partial charge in [0.25, 0.3) is 0 Å². The van der Waals surface area contributed by atoms with Gasteiger partial charge < -0.3 is 5.32 Å². The molecule has 0 aromatic carbocycles. The quantitative estimate of drug-likeness (QED) is 0.700. The average molecular weight is 231 g/mol. The lowest BCUT2D eigenvalue weighted by molar-refractivity contribution is 0.354. The molecule has 1 N–H and O–H groups in total. The summed E-state index contributed by atoms with van der Waals surface area (Å²) < 4.78 is 1.01. The van der Waals surface area contributed by atoms with E-state index < -0.39 is 0 Å². The maximum atomic E-state index is 5.22. The SMILES string of the molecule is CCCCC1(CCCC)CSC(=S)N1. The van der Waals surface area contributed by atoms with Crippen LogP contribution in [0.5, 0.6) is 0 Å². The maximum absolute atomic E-state index is 5.22. The van der Waals surface area contributed by atoms with Gasteiger partial charge in [0, 0.05) is 11.3 Å². The number of rotatable bonds is 6. The Balaban J connectivity index is 2.46. The lowest BCUT2D eigenvalue weighted by Gasteiger charge is -2.28. The largest absolute Gasteiger partial charge is 0.365 e. The number of thioether (sulfide) groups is 1. The molecule has 3 heteroatoms. The molecule has 0 atom stereocenters. The number of nitrogens with one attached hydrogen (secondary N) is 1. The number of unbranched alkanes of at least 4 members (excludes halogenated alkanes) is 2. The van der Waals surface area contributed by atoms with Crippen LogP contribution in [0.15, 0.2) is 0 Å². The van der Waals surface area contributed by atoms with Crippen molar-refractivity contribution >= 4 is 28.3 Å². The summed E-state index contributed by atoms with van der Waals surface area (Å²) in [7, 11) is 0. The fourth-order valence-corrected chi connectivity index (χ4v) is 3.37. The summed E-state index contributed by atoms with van der Waals surface area (Å²) in [5.74, 6) is 1.19. The molecule has 1 aliphatic rings. The van der Waals surface area contributed by atoms with Crippen LogP contribution in [0.2, 0.25) is 0 Å². The minimum absolute atomic E-state index is 0.341. The first-order valence-electron chi connectivity index (χ1n) is 5.67. The van der Waals surface area contributed by atoms with E-state index in [2.05, 4.69) is 19.2 Å². The number of hydrogen-bond donors (Lipinski definition) is 1. The lowest BCUT2D eigenvalue weighted by atomic mass is 9.89. The number of thiocarbonyl (C=S) groups is 1. The van der Waals surface area contributed by atoms with E-state index in [9.17, 15) is 0 Å². The molecule has 1 aliphatic heterocycles. The number of hydrogen-bond acceptors (Lipinski definition) is 2. The van der Waals surface area contributed by atoms with E-state index in [0.29, 0.717) is 5.54 Å². The molecule has 0 aromatic rings. The van der Waals surface area contributed by atoms with Crippen molar-refractivity contribution in [2.75, 3.05) is 5.75 Å².